The van der Waals surface area contributed by atoms with Crippen molar-refractivity contribution in [2.75, 3.05) is 84.4 Å². The van der Waals surface area contributed by atoms with E-state index in [0.29, 0.717) is 64.7 Å². The molecule has 43 heavy (non-hydrogen) atoms. The molecule has 238 valence electrons. The summed E-state index contributed by atoms with van der Waals surface area (Å²) in [6.07, 6.45) is 5.10. The minimum Gasteiger partial charge on any atom is -0.488 e. The van der Waals surface area contributed by atoms with Gasteiger partial charge in [-0.1, -0.05) is 19.1 Å². The number of amides is 2. The van der Waals surface area contributed by atoms with Crippen LogP contribution in [-0.2, 0) is 27.1 Å². The van der Waals surface area contributed by atoms with E-state index >= 15 is 0 Å². The molecule has 1 saturated heterocycles. The maximum atomic E-state index is 15.0. The molecular formula is C32H47FN4O6. The Hall–Kier alpha value is -2.99. The number of nitrogens with zero attached hydrogens (tertiary/aromatic N) is 3. The van der Waals surface area contributed by atoms with Gasteiger partial charge in [0.05, 0.1) is 39.1 Å². The molecule has 1 atom stereocenters. The van der Waals surface area contributed by atoms with Gasteiger partial charge in [0.15, 0.2) is 11.6 Å². The minimum absolute atomic E-state index is 0.0890. The van der Waals surface area contributed by atoms with Crippen LogP contribution >= 0.6 is 0 Å². The maximum absolute atomic E-state index is 15.0. The topological polar surface area (TPSA) is 106 Å². The third-order valence-electron chi connectivity index (χ3n) is 7.64. The van der Waals surface area contributed by atoms with Gasteiger partial charge in [-0.2, -0.15) is 0 Å². The van der Waals surface area contributed by atoms with Crippen LogP contribution in [0.1, 0.15) is 55.5 Å². The summed E-state index contributed by atoms with van der Waals surface area (Å²) in [7, 11) is 0. The first kappa shape index (κ1) is 32.9. The van der Waals surface area contributed by atoms with E-state index in [9.17, 15) is 14.3 Å². The zero-order valence-electron chi connectivity index (χ0n) is 25.4. The number of aryl methyl sites for hydroxylation is 2. The van der Waals surface area contributed by atoms with E-state index in [0.717, 1.165) is 56.8 Å². The van der Waals surface area contributed by atoms with Crippen molar-refractivity contribution in [3.05, 3.63) is 53.0 Å². The SMILES string of the molecule is CCCOCCOCCOCCOc1ccc([C@H](CCO)N2CCN(CCCc3ccc4c(n3)NCCC4)C2=O)cc1F. The molecule has 2 amide bonds. The largest absolute Gasteiger partial charge is 0.488 e. The zero-order valence-corrected chi connectivity index (χ0v) is 25.4. The molecule has 11 heteroatoms. The highest BCUT2D eigenvalue weighted by molar-refractivity contribution is 5.77. The van der Waals surface area contributed by atoms with Crippen LogP contribution in [-0.4, -0.2) is 105 Å². The second-order valence-electron chi connectivity index (χ2n) is 10.8. The molecule has 0 spiro atoms. The van der Waals surface area contributed by atoms with Gasteiger partial charge in [0.2, 0.25) is 0 Å². The fourth-order valence-corrected chi connectivity index (χ4v) is 5.42. The normalized spacial score (nSPS) is 15.5. The summed E-state index contributed by atoms with van der Waals surface area (Å²) in [4.78, 5) is 21.6. The first-order valence-corrected chi connectivity index (χ1v) is 15.6. The summed E-state index contributed by atoms with van der Waals surface area (Å²) < 4.78 is 36.8. The molecule has 1 aromatic heterocycles. The van der Waals surface area contributed by atoms with Crippen molar-refractivity contribution in [2.24, 2.45) is 0 Å². The number of halogens is 1. The Morgan fingerprint density at radius 3 is 2.53 bits per heavy atom. The van der Waals surface area contributed by atoms with Gasteiger partial charge in [-0.3, -0.25) is 0 Å². The average molecular weight is 603 g/mol. The summed E-state index contributed by atoms with van der Waals surface area (Å²) in [5.41, 5.74) is 2.93. The van der Waals surface area contributed by atoms with Gasteiger partial charge in [-0.05, 0) is 67.9 Å². The third kappa shape index (κ3) is 10.0. The number of pyridine rings is 1. The van der Waals surface area contributed by atoms with Crippen molar-refractivity contribution >= 4 is 11.8 Å². The number of aliphatic hydroxyl groups excluding tert-OH is 1. The van der Waals surface area contributed by atoms with Crippen LogP contribution in [0.2, 0.25) is 0 Å². The lowest BCUT2D eigenvalue weighted by molar-refractivity contribution is 0.00926. The Balaban J connectivity index is 1.20. The number of carbonyl (C=O) groups is 1. The number of nitrogens with one attached hydrogen (secondary N) is 1. The number of aromatic nitrogens is 1. The number of aliphatic hydroxyl groups is 1. The average Bonchev–Trinajstić information content (AvgIpc) is 3.38. The van der Waals surface area contributed by atoms with E-state index in [1.54, 1.807) is 17.0 Å². The molecule has 2 aliphatic heterocycles. The van der Waals surface area contributed by atoms with Crippen LogP contribution < -0.4 is 10.1 Å². The molecule has 0 unspecified atom stereocenters. The monoisotopic (exact) mass is 602 g/mol. The van der Waals surface area contributed by atoms with Crippen LogP contribution in [0.3, 0.4) is 0 Å². The van der Waals surface area contributed by atoms with Crippen LogP contribution in [0.4, 0.5) is 15.0 Å². The zero-order chi connectivity index (χ0) is 30.3. The second-order valence-corrected chi connectivity index (χ2v) is 10.8. The molecule has 2 aromatic rings. The van der Waals surface area contributed by atoms with Crippen LogP contribution in [0.5, 0.6) is 5.75 Å². The summed E-state index contributed by atoms with van der Waals surface area (Å²) in [5, 5.41) is 13.1. The lowest BCUT2D eigenvalue weighted by atomic mass is 10.0. The standard InChI is InChI=1S/C32H47FN4O6/c1-2-17-40-18-19-41-20-21-42-22-23-43-30-10-8-26(24-28(30)33)29(11-16-38)37-15-14-36(32(37)39)13-4-6-27-9-7-25-5-3-12-34-31(25)35-27/h7-10,24,29,38H,2-6,11-23H2,1H3,(H,34,35)/t29-/m0/s1. The highest BCUT2D eigenvalue weighted by atomic mass is 19.1. The molecule has 1 fully saturated rings. The van der Waals surface area contributed by atoms with E-state index in [1.807, 2.05) is 4.90 Å². The van der Waals surface area contributed by atoms with Gasteiger partial charge < -0.3 is 39.2 Å². The van der Waals surface area contributed by atoms with E-state index in [4.69, 9.17) is 23.9 Å². The van der Waals surface area contributed by atoms with Crippen LogP contribution in [0.25, 0.3) is 0 Å². The number of ether oxygens (including phenoxy) is 4. The van der Waals surface area contributed by atoms with Crippen molar-refractivity contribution < 1.29 is 33.2 Å². The molecule has 0 radical (unpaired) electrons. The van der Waals surface area contributed by atoms with Crippen molar-refractivity contribution in [1.29, 1.82) is 0 Å². The first-order valence-electron chi connectivity index (χ1n) is 15.6. The van der Waals surface area contributed by atoms with Gasteiger partial charge in [-0.25, -0.2) is 14.2 Å². The second kappa shape index (κ2) is 18.0. The number of carbonyl (C=O) groups excluding carboxylic acids is 1. The molecule has 3 heterocycles. The highest BCUT2D eigenvalue weighted by Crippen LogP contribution is 2.31. The van der Waals surface area contributed by atoms with E-state index < -0.39 is 11.9 Å². The summed E-state index contributed by atoms with van der Waals surface area (Å²) in [6, 6.07) is 8.46. The summed E-state index contributed by atoms with van der Waals surface area (Å²) in [5.74, 6) is 0.604. The van der Waals surface area contributed by atoms with Crippen molar-refractivity contribution in [2.45, 2.75) is 51.5 Å². The smallest absolute Gasteiger partial charge is 0.320 e. The van der Waals surface area contributed by atoms with Crippen molar-refractivity contribution in [3.63, 3.8) is 0 Å². The number of fused-ring (bicyclic) bond motifs is 1. The van der Waals surface area contributed by atoms with Gasteiger partial charge >= 0.3 is 6.03 Å². The number of hydrogen-bond donors (Lipinski definition) is 2. The predicted octanol–water partition coefficient (Wildman–Crippen LogP) is 4.21. The Kier molecular flexibility index (Phi) is 13.8. The summed E-state index contributed by atoms with van der Waals surface area (Å²) in [6.45, 7) is 7.87. The predicted molar refractivity (Wildman–Crippen MR) is 162 cm³/mol. The number of rotatable bonds is 20. The van der Waals surface area contributed by atoms with Crippen molar-refractivity contribution in [3.8, 4) is 5.75 Å². The molecule has 4 rings (SSSR count). The van der Waals surface area contributed by atoms with E-state index in [2.05, 4.69) is 24.4 Å². The fourth-order valence-electron chi connectivity index (χ4n) is 5.42. The van der Waals surface area contributed by atoms with Gasteiger partial charge in [0.1, 0.15) is 12.4 Å². The Labute approximate surface area is 254 Å². The molecule has 0 bridgehead atoms. The van der Waals surface area contributed by atoms with Crippen LogP contribution in [0, 0.1) is 5.82 Å². The molecule has 1 aromatic carbocycles. The van der Waals surface area contributed by atoms with Gasteiger partial charge in [0.25, 0.3) is 0 Å². The van der Waals surface area contributed by atoms with Crippen molar-refractivity contribution in [1.82, 2.24) is 14.8 Å². The highest BCUT2D eigenvalue weighted by Gasteiger charge is 2.34. The number of urea groups is 1. The fraction of sp³-hybridized carbons (Fsp3) is 0.625. The lowest BCUT2D eigenvalue weighted by Crippen LogP contribution is -2.35. The van der Waals surface area contributed by atoms with Gasteiger partial charge in [-0.15, -0.1) is 0 Å². The lowest BCUT2D eigenvalue weighted by Gasteiger charge is -2.28. The minimum atomic E-state index is -0.508. The van der Waals surface area contributed by atoms with E-state index in [-0.39, 0.29) is 25.0 Å². The molecule has 0 aliphatic carbocycles. The Bertz CT molecular complexity index is 1140. The number of benzene rings is 1. The first-order chi connectivity index (χ1) is 21.1. The Morgan fingerprint density at radius 2 is 1.79 bits per heavy atom. The molecule has 10 nitrogen and oxygen atoms in total. The summed E-state index contributed by atoms with van der Waals surface area (Å²) >= 11 is 0. The molecule has 0 saturated carbocycles. The van der Waals surface area contributed by atoms with E-state index in [1.165, 1.54) is 11.6 Å². The molecular weight excluding hydrogens is 555 g/mol. The quantitative estimate of drug-likeness (QED) is 0.217. The maximum Gasteiger partial charge on any atom is 0.320 e. The number of hydrogen-bond acceptors (Lipinski definition) is 8. The molecule has 2 N–H and O–H groups in total. The number of anilines is 1. The van der Waals surface area contributed by atoms with Crippen LogP contribution in [0.15, 0.2) is 30.3 Å². The third-order valence-corrected chi connectivity index (χ3v) is 7.64. The Morgan fingerprint density at radius 1 is 1.02 bits per heavy atom. The molecule has 2 aliphatic rings. The van der Waals surface area contributed by atoms with Gasteiger partial charge in [0, 0.05) is 45.1 Å².